The molecule has 0 fully saturated rings. The molecule has 1 atom stereocenters. The summed E-state index contributed by atoms with van der Waals surface area (Å²) in [7, 11) is 0. The molecule has 30 heavy (non-hydrogen) atoms. The third-order valence-electron chi connectivity index (χ3n) is 5.26. The smallest absolute Gasteiger partial charge is 0.298 e. The number of hydrogen-bond donors (Lipinski definition) is 1. The summed E-state index contributed by atoms with van der Waals surface area (Å²) in [6.45, 7) is 5.97. The molecule has 0 aliphatic carbocycles. The van der Waals surface area contributed by atoms with Crippen LogP contribution in [0.4, 0.5) is 5.69 Å². The quantitative estimate of drug-likeness (QED) is 0.694. The van der Waals surface area contributed by atoms with Gasteiger partial charge >= 0.3 is 0 Å². The van der Waals surface area contributed by atoms with Crippen LogP contribution in [0.5, 0.6) is 5.75 Å². The predicted octanol–water partition coefficient (Wildman–Crippen LogP) is 2.15. The van der Waals surface area contributed by atoms with Gasteiger partial charge in [-0.05, 0) is 38.0 Å². The van der Waals surface area contributed by atoms with E-state index in [0.717, 1.165) is 18.5 Å². The highest BCUT2D eigenvalue weighted by atomic mass is 16.5. The van der Waals surface area contributed by atoms with Gasteiger partial charge < -0.3 is 10.1 Å². The van der Waals surface area contributed by atoms with Crippen LogP contribution in [0, 0.1) is 6.92 Å². The second-order valence-corrected chi connectivity index (χ2v) is 7.25. The van der Waals surface area contributed by atoms with Crippen molar-refractivity contribution in [1.82, 2.24) is 24.9 Å². The van der Waals surface area contributed by atoms with E-state index in [2.05, 4.69) is 20.4 Å². The lowest BCUT2D eigenvalue weighted by atomic mass is 10.1. The predicted molar refractivity (Wildman–Crippen MR) is 111 cm³/mol. The molecule has 156 valence electrons. The largest absolute Gasteiger partial charge is 0.477 e. The first-order chi connectivity index (χ1) is 14.5. The Balaban J connectivity index is 1.66. The van der Waals surface area contributed by atoms with Crippen molar-refractivity contribution in [3.05, 3.63) is 48.0 Å². The molecule has 9 heteroatoms. The second kappa shape index (κ2) is 8.10. The summed E-state index contributed by atoms with van der Waals surface area (Å²) in [6, 6.07) is 9.00. The topological polar surface area (TPSA) is 102 Å². The minimum Gasteiger partial charge on any atom is -0.477 e. The molecule has 0 saturated carbocycles. The van der Waals surface area contributed by atoms with Gasteiger partial charge in [-0.1, -0.05) is 26.0 Å². The average Bonchev–Trinajstić information content (AvgIpc) is 3.22. The number of aromatic nitrogens is 4. The van der Waals surface area contributed by atoms with Gasteiger partial charge in [-0.2, -0.15) is 4.98 Å². The normalized spacial score (nSPS) is 15.7. The fraction of sp³-hybridized carbons (Fsp3) is 0.381. The van der Waals surface area contributed by atoms with Crippen molar-refractivity contribution in [2.24, 2.45) is 0 Å². The van der Waals surface area contributed by atoms with Gasteiger partial charge in [0.05, 0.1) is 12.2 Å². The lowest BCUT2D eigenvalue weighted by molar-refractivity contribution is -0.128. The van der Waals surface area contributed by atoms with Crippen LogP contribution in [-0.4, -0.2) is 50.1 Å². The van der Waals surface area contributed by atoms with E-state index in [-0.39, 0.29) is 24.3 Å². The fourth-order valence-electron chi connectivity index (χ4n) is 3.47. The number of benzene rings is 1. The molecule has 2 aromatic heterocycles. The number of para-hydroxylation sites is 2. The zero-order valence-corrected chi connectivity index (χ0v) is 17.2. The second-order valence-electron chi connectivity index (χ2n) is 7.25. The van der Waals surface area contributed by atoms with Crippen molar-refractivity contribution in [3.63, 3.8) is 0 Å². The number of anilines is 1. The molecular weight excluding hydrogens is 384 g/mol. The van der Waals surface area contributed by atoms with E-state index < -0.39 is 12.0 Å². The zero-order chi connectivity index (χ0) is 21.3. The van der Waals surface area contributed by atoms with Gasteiger partial charge in [0.2, 0.25) is 5.82 Å². The number of nitrogens with one attached hydrogen (secondary N) is 1. The fourth-order valence-corrected chi connectivity index (χ4v) is 3.47. The zero-order valence-electron chi connectivity index (χ0n) is 17.2. The highest BCUT2D eigenvalue weighted by Gasteiger charge is 2.36. The van der Waals surface area contributed by atoms with Gasteiger partial charge in [0.1, 0.15) is 5.75 Å². The summed E-state index contributed by atoms with van der Waals surface area (Å²) in [4.78, 5) is 36.1. The maximum absolute atomic E-state index is 13.3. The molecule has 2 amide bonds. The molecule has 0 spiro atoms. The molecule has 3 heterocycles. The minimum absolute atomic E-state index is 0.0210. The van der Waals surface area contributed by atoms with Crippen molar-refractivity contribution in [1.29, 1.82) is 0 Å². The number of fused-ring (bicyclic) bond motifs is 2. The molecule has 1 aliphatic heterocycles. The third-order valence-corrected chi connectivity index (χ3v) is 5.26. The Bertz CT molecular complexity index is 1090. The van der Waals surface area contributed by atoms with E-state index in [1.54, 1.807) is 30.5 Å². The average molecular weight is 408 g/mol. The number of rotatable bonds is 5. The molecule has 0 radical (unpaired) electrons. The molecule has 0 saturated heterocycles. The van der Waals surface area contributed by atoms with Crippen LogP contribution in [0.25, 0.3) is 5.78 Å². The van der Waals surface area contributed by atoms with Crippen LogP contribution in [0.3, 0.4) is 0 Å². The minimum atomic E-state index is -0.818. The standard InChI is InChI=1S/C21H24N6O3/c1-4-14(5-2)23-19(28)17-12-26(15-8-6-7-9-16(15)30-17)20(29)18-24-21-22-11-10-13(3)27(21)25-18/h6-11,14,17H,4-5,12H2,1-3H3,(H,23,28). The van der Waals surface area contributed by atoms with E-state index >= 15 is 0 Å². The first-order valence-corrected chi connectivity index (χ1v) is 10.1. The molecule has 1 unspecified atom stereocenters. The Morgan fingerprint density at radius 3 is 2.73 bits per heavy atom. The molecule has 4 rings (SSSR count). The van der Waals surface area contributed by atoms with Crippen molar-refractivity contribution >= 4 is 23.3 Å². The highest BCUT2D eigenvalue weighted by Crippen LogP contribution is 2.34. The Morgan fingerprint density at radius 1 is 1.23 bits per heavy atom. The molecule has 1 aliphatic rings. The van der Waals surface area contributed by atoms with E-state index in [1.807, 2.05) is 26.8 Å². The van der Waals surface area contributed by atoms with E-state index in [0.29, 0.717) is 17.2 Å². The highest BCUT2D eigenvalue weighted by molar-refractivity contribution is 6.05. The van der Waals surface area contributed by atoms with Gasteiger partial charge in [0, 0.05) is 17.9 Å². The molecule has 1 aromatic carbocycles. The third kappa shape index (κ3) is 3.58. The summed E-state index contributed by atoms with van der Waals surface area (Å²) in [5.74, 6) is 0.197. The lowest BCUT2D eigenvalue weighted by Gasteiger charge is -2.34. The molecular formula is C21H24N6O3. The first-order valence-electron chi connectivity index (χ1n) is 10.1. The van der Waals surface area contributed by atoms with E-state index in [4.69, 9.17) is 4.74 Å². The number of ether oxygens (including phenoxy) is 1. The van der Waals surface area contributed by atoms with Gasteiger partial charge in [-0.25, -0.2) is 9.50 Å². The van der Waals surface area contributed by atoms with Crippen LogP contribution < -0.4 is 15.0 Å². The molecule has 1 N–H and O–H groups in total. The summed E-state index contributed by atoms with van der Waals surface area (Å²) >= 11 is 0. The van der Waals surface area contributed by atoms with Crippen LogP contribution >= 0.6 is 0 Å². The summed E-state index contributed by atoms with van der Waals surface area (Å²) < 4.78 is 7.44. The maximum atomic E-state index is 13.3. The summed E-state index contributed by atoms with van der Waals surface area (Å²) in [6.07, 6.45) is 2.45. The molecule has 3 aromatic rings. The Labute approximate surface area is 174 Å². The molecule has 0 bridgehead atoms. The van der Waals surface area contributed by atoms with Crippen LogP contribution in [0.2, 0.25) is 0 Å². The number of nitrogens with zero attached hydrogens (tertiary/aromatic N) is 5. The summed E-state index contributed by atoms with van der Waals surface area (Å²) in [5, 5.41) is 7.31. The van der Waals surface area contributed by atoms with Gasteiger partial charge in [0.25, 0.3) is 17.6 Å². The van der Waals surface area contributed by atoms with Crippen molar-refractivity contribution < 1.29 is 14.3 Å². The monoisotopic (exact) mass is 408 g/mol. The van der Waals surface area contributed by atoms with Crippen LogP contribution in [-0.2, 0) is 4.79 Å². The van der Waals surface area contributed by atoms with Crippen LogP contribution in [0.1, 0.15) is 43.0 Å². The van der Waals surface area contributed by atoms with Gasteiger partial charge in [0.15, 0.2) is 6.10 Å². The Hall–Kier alpha value is -3.49. The lowest BCUT2D eigenvalue weighted by Crippen LogP contribution is -2.52. The first kappa shape index (κ1) is 19.8. The van der Waals surface area contributed by atoms with Gasteiger partial charge in [-0.15, -0.1) is 5.10 Å². The van der Waals surface area contributed by atoms with Crippen molar-refractivity contribution in [3.8, 4) is 5.75 Å². The number of hydrogen-bond acceptors (Lipinski definition) is 6. The number of carbonyl (C=O) groups excluding carboxylic acids is 2. The Morgan fingerprint density at radius 2 is 2.00 bits per heavy atom. The SMILES string of the molecule is CCC(CC)NC(=O)C1CN(C(=O)c2nc3nccc(C)n3n2)c2ccccc2O1. The number of aryl methyl sites for hydroxylation is 1. The van der Waals surface area contributed by atoms with Crippen molar-refractivity contribution in [2.75, 3.05) is 11.4 Å². The van der Waals surface area contributed by atoms with E-state index in [1.165, 1.54) is 9.42 Å². The van der Waals surface area contributed by atoms with E-state index in [9.17, 15) is 9.59 Å². The summed E-state index contributed by atoms with van der Waals surface area (Å²) in [5.41, 5.74) is 1.40. The number of carbonyl (C=O) groups is 2. The van der Waals surface area contributed by atoms with Crippen LogP contribution in [0.15, 0.2) is 36.5 Å². The van der Waals surface area contributed by atoms with Crippen molar-refractivity contribution in [2.45, 2.75) is 45.8 Å². The Kier molecular flexibility index (Phi) is 5.35. The van der Waals surface area contributed by atoms with Gasteiger partial charge in [-0.3, -0.25) is 14.5 Å². The number of amides is 2. The molecule has 9 nitrogen and oxygen atoms in total. The maximum Gasteiger partial charge on any atom is 0.298 e.